The van der Waals surface area contributed by atoms with Crippen LogP contribution >= 0.6 is 27.7 Å². The van der Waals surface area contributed by atoms with Gasteiger partial charge >= 0.3 is 0 Å². The maximum absolute atomic E-state index is 9.76. The Labute approximate surface area is 44.3 Å². The third-order valence-electron chi connectivity index (χ3n) is 0.160. The van der Waals surface area contributed by atoms with E-state index in [4.69, 9.17) is 0 Å². The molecular weight excluding hydrogens is 202 g/mol. The number of halogens is 1. The molecule has 0 aliphatic rings. The molecule has 2 nitrogen and oxygen atoms in total. The second kappa shape index (κ2) is 3.12. The monoisotopic (exact) mass is 206 g/mol. The molecular formula is CH4IO2P. The Kier molecular flexibility index (Phi) is 3.70. The van der Waals surface area contributed by atoms with E-state index in [-0.39, 0.29) is 0 Å². The lowest BCUT2D eigenvalue weighted by molar-refractivity contribution is 0.431. The molecule has 0 saturated carbocycles. The molecule has 0 amide bonds. The summed E-state index contributed by atoms with van der Waals surface area (Å²) in [5.41, 5.74) is -1.65. The van der Waals surface area contributed by atoms with Crippen LogP contribution in [0.15, 0.2) is 0 Å². The lowest BCUT2D eigenvalue weighted by Gasteiger charge is -1.77. The molecule has 0 fully saturated rings. The van der Waals surface area contributed by atoms with Crippen molar-refractivity contribution in [3.63, 3.8) is 0 Å². The summed E-state index contributed by atoms with van der Waals surface area (Å²) < 4.78 is 14.0. The van der Waals surface area contributed by atoms with Crippen LogP contribution in [0.1, 0.15) is 0 Å². The summed E-state index contributed by atoms with van der Waals surface area (Å²) in [7, 11) is 1.42. The number of rotatable bonds is 1. The molecule has 0 N–H and O–H groups in total. The van der Waals surface area contributed by atoms with Gasteiger partial charge in [0.1, 0.15) is 0 Å². The molecule has 0 saturated heterocycles. The molecule has 0 aromatic carbocycles. The van der Waals surface area contributed by atoms with Gasteiger partial charge in [-0.05, 0) is 0 Å². The molecule has 0 aromatic rings. The van der Waals surface area contributed by atoms with Gasteiger partial charge in [0, 0.05) is 29.2 Å². The van der Waals surface area contributed by atoms with Gasteiger partial charge < -0.3 is 4.52 Å². The molecule has 32 valence electrons. The van der Waals surface area contributed by atoms with Gasteiger partial charge in [-0.25, -0.2) is 0 Å². The van der Waals surface area contributed by atoms with Crippen molar-refractivity contribution in [2.75, 3.05) is 7.11 Å². The minimum atomic E-state index is -1.65. The minimum Gasteiger partial charge on any atom is -0.327 e. The predicted molar refractivity (Wildman–Crippen MR) is 30.0 cm³/mol. The van der Waals surface area contributed by atoms with Gasteiger partial charge in [0.05, 0.1) is 0 Å². The third-order valence-corrected chi connectivity index (χ3v) is 1.80. The van der Waals surface area contributed by atoms with Gasteiger partial charge in [0.2, 0.25) is 5.67 Å². The van der Waals surface area contributed by atoms with Crippen molar-refractivity contribution >= 4 is 27.7 Å². The quantitative estimate of drug-likeness (QED) is 0.479. The van der Waals surface area contributed by atoms with Crippen LogP contribution in [0.4, 0.5) is 0 Å². The van der Waals surface area contributed by atoms with Crippen LogP contribution in [0.5, 0.6) is 0 Å². The van der Waals surface area contributed by atoms with E-state index in [1.54, 1.807) is 22.0 Å². The topological polar surface area (TPSA) is 26.3 Å². The maximum atomic E-state index is 9.76. The van der Waals surface area contributed by atoms with E-state index in [0.29, 0.717) is 0 Å². The zero-order valence-electron chi connectivity index (χ0n) is 2.69. The summed E-state index contributed by atoms with van der Waals surface area (Å²) in [5, 5.41) is 0. The van der Waals surface area contributed by atoms with E-state index in [2.05, 4.69) is 4.52 Å². The summed E-state index contributed by atoms with van der Waals surface area (Å²) in [4.78, 5) is 0. The van der Waals surface area contributed by atoms with Gasteiger partial charge in [-0.2, -0.15) is 0 Å². The average Bonchev–Trinajstić information content (AvgIpc) is 1.38. The van der Waals surface area contributed by atoms with E-state index < -0.39 is 5.67 Å². The smallest absolute Gasteiger partial charge is 0.248 e. The van der Waals surface area contributed by atoms with Crippen molar-refractivity contribution in [3.05, 3.63) is 0 Å². The molecule has 0 radical (unpaired) electrons. The van der Waals surface area contributed by atoms with Crippen molar-refractivity contribution in [2.45, 2.75) is 0 Å². The van der Waals surface area contributed by atoms with Gasteiger partial charge in [0.15, 0.2) is 0 Å². The molecule has 0 aliphatic heterocycles. The van der Waals surface area contributed by atoms with Crippen molar-refractivity contribution in [3.8, 4) is 0 Å². The molecule has 0 aliphatic carbocycles. The van der Waals surface area contributed by atoms with Crippen LogP contribution in [-0.4, -0.2) is 7.11 Å². The van der Waals surface area contributed by atoms with Crippen LogP contribution in [-0.2, 0) is 9.09 Å². The second-order valence-electron chi connectivity index (χ2n) is 0.442. The highest BCUT2D eigenvalue weighted by Gasteiger charge is 1.75. The van der Waals surface area contributed by atoms with Gasteiger partial charge in [-0.3, -0.25) is 4.57 Å². The highest BCUT2D eigenvalue weighted by Crippen LogP contribution is 2.29. The molecule has 0 spiro atoms. The standard InChI is InChI=1S/CH4IO2P/c1-4-5(2)3/h5H,1H3. The molecule has 0 bridgehead atoms. The highest BCUT2D eigenvalue weighted by atomic mass is 127. The fraction of sp³-hybridized carbons (Fsp3) is 1.00. The van der Waals surface area contributed by atoms with E-state index in [1.807, 2.05) is 0 Å². The second-order valence-corrected chi connectivity index (χ2v) is 3.97. The van der Waals surface area contributed by atoms with Gasteiger partial charge in [0.25, 0.3) is 0 Å². The first-order valence-electron chi connectivity index (χ1n) is 1.01. The van der Waals surface area contributed by atoms with Crippen LogP contribution in [0, 0.1) is 0 Å². The first-order valence-corrected chi connectivity index (χ1v) is 5.44. The van der Waals surface area contributed by atoms with Crippen molar-refractivity contribution < 1.29 is 9.09 Å². The fourth-order valence-electron chi connectivity index (χ4n) is 0. The summed E-state index contributed by atoms with van der Waals surface area (Å²) in [6.45, 7) is 0. The summed E-state index contributed by atoms with van der Waals surface area (Å²) in [6.07, 6.45) is 0. The van der Waals surface area contributed by atoms with Crippen molar-refractivity contribution in [1.29, 1.82) is 0 Å². The Morgan fingerprint density at radius 1 is 2.00 bits per heavy atom. The molecule has 0 rings (SSSR count). The molecule has 1 unspecified atom stereocenters. The Morgan fingerprint density at radius 3 is 2.20 bits per heavy atom. The van der Waals surface area contributed by atoms with Gasteiger partial charge in [-0.1, -0.05) is 0 Å². The molecule has 1 atom stereocenters. The normalized spacial score (nSPS) is 14.8. The number of hydrogen-bond acceptors (Lipinski definition) is 2. The zero-order valence-corrected chi connectivity index (χ0v) is 5.85. The first kappa shape index (κ1) is 5.92. The largest absolute Gasteiger partial charge is 0.327 e. The van der Waals surface area contributed by atoms with Crippen LogP contribution in [0.3, 0.4) is 0 Å². The Hall–Kier alpha value is 0.920. The minimum absolute atomic E-state index is 1.42. The molecule has 5 heavy (non-hydrogen) atoms. The van der Waals surface area contributed by atoms with Crippen LogP contribution < -0.4 is 0 Å². The first-order chi connectivity index (χ1) is 2.27. The van der Waals surface area contributed by atoms with E-state index in [1.165, 1.54) is 7.11 Å². The Bertz CT molecular complexity index is 44.9. The molecule has 0 aromatic heterocycles. The van der Waals surface area contributed by atoms with Crippen LogP contribution in [0.2, 0.25) is 0 Å². The lowest BCUT2D eigenvalue weighted by Crippen LogP contribution is -1.49. The summed E-state index contributed by atoms with van der Waals surface area (Å²) >= 11 is 1.73. The van der Waals surface area contributed by atoms with Crippen molar-refractivity contribution in [1.82, 2.24) is 0 Å². The van der Waals surface area contributed by atoms with Crippen LogP contribution in [0.25, 0.3) is 0 Å². The van der Waals surface area contributed by atoms with Crippen molar-refractivity contribution in [2.24, 2.45) is 0 Å². The van der Waals surface area contributed by atoms with Gasteiger partial charge in [-0.15, -0.1) is 0 Å². The van der Waals surface area contributed by atoms with E-state index >= 15 is 0 Å². The van der Waals surface area contributed by atoms with E-state index in [0.717, 1.165) is 0 Å². The lowest BCUT2D eigenvalue weighted by atomic mass is 11.8. The number of hydrogen-bond donors (Lipinski definition) is 0. The highest BCUT2D eigenvalue weighted by molar-refractivity contribution is 14.2. The zero-order chi connectivity index (χ0) is 4.28. The summed E-state index contributed by atoms with van der Waals surface area (Å²) in [5.74, 6) is 0. The molecule has 0 heterocycles. The molecule has 4 heteroatoms. The fourth-order valence-corrected chi connectivity index (χ4v) is 0. The Morgan fingerprint density at radius 2 is 2.20 bits per heavy atom. The predicted octanol–water partition coefficient (Wildman–Crippen LogP) is 1.46. The third kappa shape index (κ3) is 4.92. The summed E-state index contributed by atoms with van der Waals surface area (Å²) in [6, 6.07) is 0. The Balaban J connectivity index is 2.85. The SMILES string of the molecule is CO[PH](=O)I. The average molecular weight is 206 g/mol. The van der Waals surface area contributed by atoms with E-state index in [9.17, 15) is 4.57 Å². The maximum Gasteiger partial charge on any atom is 0.248 e.